The van der Waals surface area contributed by atoms with Gasteiger partial charge in [0.25, 0.3) is 0 Å². The molecule has 0 aromatic carbocycles. The van der Waals surface area contributed by atoms with Crippen LogP contribution in [0.2, 0.25) is 0 Å². The smallest absolute Gasteiger partial charge is 0.187 e. The Morgan fingerprint density at radius 2 is 2.11 bits per heavy atom. The highest BCUT2D eigenvalue weighted by atomic mass is 16.5. The zero-order valence-electron chi connectivity index (χ0n) is 12.1. The monoisotopic (exact) mass is 248 g/mol. The molecule has 0 radical (unpaired) electrons. The van der Waals surface area contributed by atoms with Crippen molar-refractivity contribution in [2.24, 2.45) is 17.8 Å². The van der Waals surface area contributed by atoms with Crippen LogP contribution in [0, 0.1) is 17.8 Å². The van der Waals surface area contributed by atoms with Crippen molar-refractivity contribution in [3.63, 3.8) is 0 Å². The maximum atomic E-state index is 12.2. The first kappa shape index (κ1) is 13.5. The summed E-state index contributed by atoms with van der Waals surface area (Å²) >= 11 is 0. The standard InChI is InChI=1S/C16H24O2/c1-10(2)12-7-6-11(3)13-8-15(17)16(4,18-5)9-14(12)13/h6,8,10,12,14H,7,9H2,1-5H3/t12-,14-,16+/m1/s1. The average molecular weight is 248 g/mol. The lowest BCUT2D eigenvalue weighted by Crippen LogP contribution is -2.45. The molecule has 0 saturated carbocycles. The Kier molecular flexibility index (Phi) is 3.50. The minimum Gasteiger partial charge on any atom is -0.370 e. The SMILES string of the molecule is CO[C@@]1(C)C[C@H]2C(=CC1=O)C(C)=CC[C@@H]2C(C)C. The maximum absolute atomic E-state index is 12.2. The highest BCUT2D eigenvalue weighted by Crippen LogP contribution is 2.46. The molecule has 0 heterocycles. The highest BCUT2D eigenvalue weighted by Gasteiger charge is 2.44. The average Bonchev–Trinajstić information content (AvgIpc) is 2.32. The number of hydrogen-bond donors (Lipinski definition) is 0. The Bertz CT molecular complexity index is 417. The van der Waals surface area contributed by atoms with Gasteiger partial charge in [-0.05, 0) is 56.1 Å². The van der Waals surface area contributed by atoms with E-state index in [9.17, 15) is 4.79 Å². The van der Waals surface area contributed by atoms with Gasteiger partial charge < -0.3 is 4.74 Å². The van der Waals surface area contributed by atoms with E-state index in [0.29, 0.717) is 17.8 Å². The number of ether oxygens (including phenoxy) is 1. The lowest BCUT2D eigenvalue weighted by atomic mass is 9.64. The fourth-order valence-corrected chi connectivity index (χ4v) is 3.34. The van der Waals surface area contributed by atoms with Gasteiger partial charge in [0.1, 0.15) is 5.60 Å². The number of methoxy groups -OCH3 is 1. The molecule has 0 saturated heterocycles. The molecule has 0 N–H and O–H groups in total. The van der Waals surface area contributed by atoms with E-state index < -0.39 is 5.60 Å². The maximum Gasteiger partial charge on any atom is 0.187 e. The molecule has 18 heavy (non-hydrogen) atoms. The molecule has 0 amide bonds. The van der Waals surface area contributed by atoms with Crippen LogP contribution in [0.15, 0.2) is 23.3 Å². The Hall–Kier alpha value is -0.890. The molecule has 0 spiro atoms. The van der Waals surface area contributed by atoms with Crippen LogP contribution < -0.4 is 0 Å². The van der Waals surface area contributed by atoms with Gasteiger partial charge in [0.15, 0.2) is 5.78 Å². The first-order valence-corrected chi connectivity index (χ1v) is 6.87. The van der Waals surface area contributed by atoms with Crippen LogP contribution in [0.4, 0.5) is 0 Å². The molecule has 0 bridgehead atoms. The van der Waals surface area contributed by atoms with Crippen LogP contribution in [0.3, 0.4) is 0 Å². The summed E-state index contributed by atoms with van der Waals surface area (Å²) < 4.78 is 5.49. The number of carbonyl (C=O) groups excluding carboxylic acids is 1. The van der Waals surface area contributed by atoms with E-state index in [1.807, 2.05) is 13.0 Å². The van der Waals surface area contributed by atoms with Gasteiger partial charge in [0, 0.05) is 7.11 Å². The predicted molar refractivity (Wildman–Crippen MR) is 73.3 cm³/mol. The number of rotatable bonds is 2. The number of allylic oxidation sites excluding steroid dienone is 3. The van der Waals surface area contributed by atoms with Crippen LogP contribution >= 0.6 is 0 Å². The molecule has 2 aliphatic carbocycles. The zero-order chi connectivity index (χ0) is 13.5. The lowest BCUT2D eigenvalue weighted by Gasteiger charge is -2.43. The molecule has 0 aromatic heterocycles. The molecule has 2 nitrogen and oxygen atoms in total. The van der Waals surface area contributed by atoms with E-state index in [4.69, 9.17) is 4.74 Å². The van der Waals surface area contributed by atoms with Gasteiger partial charge in [-0.25, -0.2) is 0 Å². The van der Waals surface area contributed by atoms with Gasteiger partial charge in [0.2, 0.25) is 0 Å². The zero-order valence-corrected chi connectivity index (χ0v) is 12.1. The summed E-state index contributed by atoms with van der Waals surface area (Å²) in [5, 5.41) is 0. The van der Waals surface area contributed by atoms with Gasteiger partial charge in [-0.1, -0.05) is 25.5 Å². The highest BCUT2D eigenvalue weighted by molar-refractivity contribution is 5.99. The van der Waals surface area contributed by atoms with Crippen molar-refractivity contribution >= 4 is 5.78 Å². The Morgan fingerprint density at radius 1 is 1.44 bits per heavy atom. The molecule has 0 fully saturated rings. The molecule has 2 heteroatoms. The summed E-state index contributed by atoms with van der Waals surface area (Å²) in [6.45, 7) is 8.60. The van der Waals surface area contributed by atoms with Crippen molar-refractivity contribution in [3.8, 4) is 0 Å². The largest absolute Gasteiger partial charge is 0.370 e. The summed E-state index contributed by atoms with van der Waals surface area (Å²) in [5.41, 5.74) is 1.90. The van der Waals surface area contributed by atoms with E-state index in [0.717, 1.165) is 12.8 Å². The Balaban J connectivity index is 2.42. The number of fused-ring (bicyclic) bond motifs is 1. The summed E-state index contributed by atoms with van der Waals surface area (Å²) in [7, 11) is 1.65. The molecule has 2 rings (SSSR count). The second-order valence-electron chi connectivity index (χ2n) is 6.24. The van der Waals surface area contributed by atoms with E-state index in [1.54, 1.807) is 7.11 Å². The molecule has 0 aliphatic heterocycles. The van der Waals surface area contributed by atoms with Crippen LogP contribution in [-0.4, -0.2) is 18.5 Å². The van der Waals surface area contributed by atoms with Crippen LogP contribution in [0.5, 0.6) is 0 Å². The fraction of sp³-hybridized carbons (Fsp3) is 0.688. The minimum atomic E-state index is -0.626. The predicted octanol–water partition coefficient (Wildman–Crippen LogP) is 3.53. The molecule has 3 atom stereocenters. The van der Waals surface area contributed by atoms with Crippen molar-refractivity contribution in [2.75, 3.05) is 7.11 Å². The summed E-state index contributed by atoms with van der Waals surface area (Å²) in [6.07, 6.45) is 6.06. The number of hydrogen-bond acceptors (Lipinski definition) is 2. The van der Waals surface area contributed by atoms with E-state index in [2.05, 4.69) is 26.8 Å². The first-order valence-electron chi connectivity index (χ1n) is 6.87. The molecule has 0 aromatic rings. The number of carbonyl (C=O) groups is 1. The van der Waals surface area contributed by atoms with Crippen molar-refractivity contribution in [1.29, 1.82) is 0 Å². The topological polar surface area (TPSA) is 26.3 Å². The van der Waals surface area contributed by atoms with Gasteiger partial charge in [-0.15, -0.1) is 0 Å². The van der Waals surface area contributed by atoms with Gasteiger partial charge in [0.05, 0.1) is 0 Å². The molecule has 100 valence electrons. The minimum absolute atomic E-state index is 0.119. The molecular formula is C16H24O2. The fourth-order valence-electron chi connectivity index (χ4n) is 3.34. The normalized spacial score (nSPS) is 36.2. The quantitative estimate of drug-likeness (QED) is 0.747. The molecule has 2 aliphatic rings. The molecular weight excluding hydrogens is 224 g/mol. The van der Waals surface area contributed by atoms with Gasteiger partial charge in [-0.2, -0.15) is 0 Å². The van der Waals surface area contributed by atoms with Crippen molar-refractivity contribution in [1.82, 2.24) is 0 Å². The van der Waals surface area contributed by atoms with Crippen molar-refractivity contribution < 1.29 is 9.53 Å². The first-order chi connectivity index (χ1) is 8.39. The van der Waals surface area contributed by atoms with Gasteiger partial charge in [-0.3, -0.25) is 4.79 Å². The lowest BCUT2D eigenvalue weighted by molar-refractivity contribution is -0.137. The Labute approximate surface area is 110 Å². The van der Waals surface area contributed by atoms with Crippen LogP contribution in [0.1, 0.15) is 40.5 Å². The van der Waals surface area contributed by atoms with Crippen LogP contribution in [0.25, 0.3) is 0 Å². The number of ketones is 1. The second kappa shape index (κ2) is 4.65. The van der Waals surface area contributed by atoms with E-state index in [-0.39, 0.29) is 5.78 Å². The Morgan fingerprint density at radius 3 is 2.67 bits per heavy atom. The third-order valence-electron chi connectivity index (χ3n) is 4.79. The van der Waals surface area contributed by atoms with Gasteiger partial charge >= 0.3 is 0 Å². The summed E-state index contributed by atoms with van der Waals surface area (Å²) in [6, 6.07) is 0. The second-order valence-corrected chi connectivity index (χ2v) is 6.24. The van der Waals surface area contributed by atoms with E-state index in [1.165, 1.54) is 11.1 Å². The van der Waals surface area contributed by atoms with Crippen molar-refractivity contribution in [3.05, 3.63) is 23.3 Å². The van der Waals surface area contributed by atoms with E-state index >= 15 is 0 Å². The third-order valence-corrected chi connectivity index (χ3v) is 4.79. The molecule has 0 unspecified atom stereocenters. The third kappa shape index (κ3) is 2.07. The van der Waals surface area contributed by atoms with Crippen LogP contribution in [-0.2, 0) is 9.53 Å². The summed E-state index contributed by atoms with van der Waals surface area (Å²) in [4.78, 5) is 12.2. The van der Waals surface area contributed by atoms with Crippen molar-refractivity contribution in [2.45, 2.75) is 46.1 Å². The summed E-state index contributed by atoms with van der Waals surface area (Å²) in [5.74, 6) is 1.85.